The van der Waals surface area contributed by atoms with Crippen LogP contribution in [-0.2, 0) is 16.1 Å². The van der Waals surface area contributed by atoms with Crippen LogP contribution in [-0.4, -0.2) is 32.7 Å². The van der Waals surface area contributed by atoms with Crippen LogP contribution in [0.25, 0.3) is 12.2 Å². The Balaban J connectivity index is 1.67. The minimum Gasteiger partial charge on any atom is -0.493 e. The van der Waals surface area contributed by atoms with Gasteiger partial charge in [0.1, 0.15) is 17.4 Å². The van der Waals surface area contributed by atoms with Gasteiger partial charge < -0.3 is 28.7 Å². The Labute approximate surface area is 220 Å². The summed E-state index contributed by atoms with van der Waals surface area (Å²) in [5.41, 5.74) is 1.14. The second-order valence-corrected chi connectivity index (χ2v) is 7.86. The molecule has 9 heteroatoms. The van der Waals surface area contributed by atoms with Gasteiger partial charge in [0.25, 0.3) is 5.91 Å². The molecule has 2 aromatic carbocycles. The molecule has 1 aromatic heterocycles. The molecule has 1 heterocycles. The first-order valence-electron chi connectivity index (χ1n) is 11.8. The van der Waals surface area contributed by atoms with Gasteiger partial charge in [-0.3, -0.25) is 4.79 Å². The van der Waals surface area contributed by atoms with Crippen LogP contribution < -0.4 is 24.3 Å². The summed E-state index contributed by atoms with van der Waals surface area (Å²) in [4.78, 5) is 24.8. The number of nitrogens with zero attached hydrogens (tertiary/aromatic N) is 1. The van der Waals surface area contributed by atoms with E-state index in [1.807, 2.05) is 13.0 Å². The number of nitriles is 1. The molecule has 0 atom stereocenters. The number of amides is 1. The van der Waals surface area contributed by atoms with Crippen molar-refractivity contribution in [1.82, 2.24) is 5.32 Å². The monoisotopic (exact) mass is 516 g/mol. The van der Waals surface area contributed by atoms with E-state index in [0.717, 1.165) is 12.0 Å². The van der Waals surface area contributed by atoms with Crippen molar-refractivity contribution in [2.24, 2.45) is 0 Å². The molecule has 0 saturated heterocycles. The first-order chi connectivity index (χ1) is 18.5. The topological polar surface area (TPSA) is 120 Å². The molecule has 0 aliphatic heterocycles. The summed E-state index contributed by atoms with van der Waals surface area (Å²) in [6.07, 6.45) is 6.66. The number of benzene rings is 2. The standard InChI is InChI=1S/C29H28N2O7/c1-4-13-37-24-10-7-20(16-26(24)34-2)9-12-28(32)38-25-11-8-21(17-27(25)35-3)15-22(18-30)29(33)31-19-23-6-5-14-36-23/h5-12,14-17H,4,13,19H2,1-3H3,(H,31,33)/b12-9+,22-15+. The quantitative estimate of drug-likeness (QED) is 0.156. The molecule has 1 N–H and O–H groups in total. The van der Waals surface area contributed by atoms with Crippen LogP contribution in [0.1, 0.15) is 30.2 Å². The normalized spacial score (nSPS) is 11.1. The van der Waals surface area contributed by atoms with E-state index in [4.69, 9.17) is 23.4 Å². The molecule has 0 aliphatic carbocycles. The van der Waals surface area contributed by atoms with Crippen LogP contribution in [0.3, 0.4) is 0 Å². The predicted octanol–water partition coefficient (Wildman–Crippen LogP) is 4.93. The van der Waals surface area contributed by atoms with Gasteiger partial charge in [-0.15, -0.1) is 0 Å². The van der Waals surface area contributed by atoms with Gasteiger partial charge in [-0.25, -0.2) is 4.79 Å². The van der Waals surface area contributed by atoms with Crippen LogP contribution in [0.2, 0.25) is 0 Å². The Morgan fingerprint density at radius 1 is 1.00 bits per heavy atom. The zero-order valence-corrected chi connectivity index (χ0v) is 21.4. The first-order valence-corrected chi connectivity index (χ1v) is 11.8. The fourth-order valence-corrected chi connectivity index (χ4v) is 3.28. The Morgan fingerprint density at radius 2 is 1.71 bits per heavy atom. The SMILES string of the molecule is CCCOc1ccc(/C=C/C(=O)Oc2ccc(/C=C(\C#N)C(=O)NCc3ccco3)cc2OC)cc1OC. The second-order valence-electron chi connectivity index (χ2n) is 7.86. The number of ether oxygens (including phenoxy) is 4. The van der Waals surface area contributed by atoms with Crippen LogP contribution in [0.5, 0.6) is 23.0 Å². The van der Waals surface area contributed by atoms with E-state index < -0.39 is 11.9 Å². The van der Waals surface area contributed by atoms with Gasteiger partial charge in [-0.05, 0) is 66.1 Å². The molecule has 3 aromatic rings. The van der Waals surface area contributed by atoms with Crippen molar-refractivity contribution in [2.45, 2.75) is 19.9 Å². The Bertz CT molecular complexity index is 1350. The van der Waals surface area contributed by atoms with E-state index in [0.29, 0.717) is 29.4 Å². The van der Waals surface area contributed by atoms with Gasteiger partial charge in [0.15, 0.2) is 23.0 Å². The molecule has 0 fully saturated rings. The highest BCUT2D eigenvalue weighted by Gasteiger charge is 2.13. The smallest absolute Gasteiger partial charge is 0.336 e. The fraction of sp³-hybridized carbons (Fsp3) is 0.207. The van der Waals surface area contributed by atoms with E-state index in [9.17, 15) is 14.9 Å². The zero-order valence-electron chi connectivity index (χ0n) is 21.4. The highest BCUT2D eigenvalue weighted by molar-refractivity contribution is 6.01. The van der Waals surface area contributed by atoms with Crippen molar-refractivity contribution < 1.29 is 33.0 Å². The van der Waals surface area contributed by atoms with Crippen LogP contribution in [0.4, 0.5) is 0 Å². The maximum atomic E-state index is 12.4. The Hall–Kier alpha value is -4.97. The Kier molecular flexibility index (Phi) is 10.1. The molecule has 0 saturated carbocycles. The van der Waals surface area contributed by atoms with Crippen molar-refractivity contribution in [2.75, 3.05) is 20.8 Å². The molecular formula is C29H28N2O7. The lowest BCUT2D eigenvalue weighted by molar-refractivity contribution is -0.129. The highest BCUT2D eigenvalue weighted by atomic mass is 16.6. The summed E-state index contributed by atoms with van der Waals surface area (Å²) in [7, 11) is 2.97. The van der Waals surface area contributed by atoms with Gasteiger partial charge in [0.05, 0.1) is 33.6 Å². The number of carbonyl (C=O) groups is 2. The number of carbonyl (C=O) groups excluding carboxylic acids is 2. The van der Waals surface area contributed by atoms with E-state index >= 15 is 0 Å². The summed E-state index contributed by atoms with van der Waals surface area (Å²) in [5.74, 6) is 1.02. The molecule has 9 nitrogen and oxygen atoms in total. The molecule has 0 bridgehead atoms. The summed E-state index contributed by atoms with van der Waals surface area (Å²) in [6, 6.07) is 15.3. The van der Waals surface area contributed by atoms with E-state index in [1.165, 1.54) is 31.6 Å². The second kappa shape index (κ2) is 13.9. The molecule has 1 amide bonds. The summed E-state index contributed by atoms with van der Waals surface area (Å²) < 4.78 is 26.9. The fourth-order valence-electron chi connectivity index (χ4n) is 3.28. The molecule has 3 rings (SSSR count). The van der Waals surface area contributed by atoms with Crippen LogP contribution >= 0.6 is 0 Å². The maximum absolute atomic E-state index is 12.4. The number of nitrogens with one attached hydrogen (secondary N) is 1. The molecule has 38 heavy (non-hydrogen) atoms. The lowest BCUT2D eigenvalue weighted by Crippen LogP contribution is -2.23. The maximum Gasteiger partial charge on any atom is 0.336 e. The average Bonchev–Trinajstić information content (AvgIpc) is 3.47. The van der Waals surface area contributed by atoms with Crippen molar-refractivity contribution in [3.63, 3.8) is 0 Å². The molecule has 0 spiro atoms. The van der Waals surface area contributed by atoms with Gasteiger partial charge >= 0.3 is 5.97 Å². The number of esters is 1. The number of methoxy groups -OCH3 is 2. The van der Waals surface area contributed by atoms with Gasteiger partial charge in [0, 0.05) is 6.08 Å². The number of rotatable bonds is 12. The van der Waals surface area contributed by atoms with Gasteiger partial charge in [-0.2, -0.15) is 5.26 Å². The summed E-state index contributed by atoms with van der Waals surface area (Å²) in [5, 5.41) is 12.1. The molecule has 196 valence electrons. The van der Waals surface area contributed by atoms with Crippen molar-refractivity contribution >= 4 is 24.0 Å². The number of hydrogen-bond acceptors (Lipinski definition) is 8. The summed E-state index contributed by atoms with van der Waals surface area (Å²) in [6.45, 7) is 2.74. The van der Waals surface area contributed by atoms with Gasteiger partial charge in [-0.1, -0.05) is 19.1 Å². The summed E-state index contributed by atoms with van der Waals surface area (Å²) >= 11 is 0. The highest BCUT2D eigenvalue weighted by Crippen LogP contribution is 2.30. The largest absolute Gasteiger partial charge is 0.493 e. The van der Waals surface area contributed by atoms with Crippen LogP contribution in [0, 0.1) is 11.3 Å². The third-order valence-electron chi connectivity index (χ3n) is 5.14. The van der Waals surface area contributed by atoms with E-state index in [1.54, 1.807) is 55.7 Å². The molecule has 0 aliphatic rings. The lowest BCUT2D eigenvalue weighted by Gasteiger charge is -2.10. The van der Waals surface area contributed by atoms with Crippen molar-refractivity contribution in [3.05, 3.63) is 83.3 Å². The minimum absolute atomic E-state index is 0.104. The number of furan rings is 1. The van der Waals surface area contributed by atoms with E-state index in [-0.39, 0.29) is 23.6 Å². The molecular weight excluding hydrogens is 488 g/mol. The van der Waals surface area contributed by atoms with Crippen molar-refractivity contribution in [3.8, 4) is 29.1 Å². The van der Waals surface area contributed by atoms with Crippen molar-refractivity contribution in [1.29, 1.82) is 5.26 Å². The minimum atomic E-state index is -0.619. The van der Waals surface area contributed by atoms with Gasteiger partial charge in [0.2, 0.25) is 0 Å². The zero-order chi connectivity index (χ0) is 27.3. The first kappa shape index (κ1) is 27.6. The third kappa shape index (κ3) is 7.77. The molecule has 0 unspecified atom stereocenters. The van der Waals surface area contributed by atoms with E-state index in [2.05, 4.69) is 5.32 Å². The lowest BCUT2D eigenvalue weighted by atomic mass is 10.1. The average molecular weight is 517 g/mol. The predicted molar refractivity (Wildman–Crippen MR) is 141 cm³/mol. The molecule has 0 radical (unpaired) electrons. The van der Waals surface area contributed by atoms with Crippen LogP contribution in [0.15, 0.2) is 70.9 Å². The number of hydrogen-bond donors (Lipinski definition) is 1. The third-order valence-corrected chi connectivity index (χ3v) is 5.14. The Morgan fingerprint density at radius 3 is 2.39 bits per heavy atom.